The molecule has 0 N–H and O–H groups in total. The average Bonchev–Trinajstić information content (AvgIpc) is 2.84. The minimum atomic E-state index is -1.19. The molecule has 0 saturated carbocycles. The van der Waals surface area contributed by atoms with Crippen LogP contribution in [-0.2, 0) is 26.2 Å². The van der Waals surface area contributed by atoms with Crippen LogP contribution < -0.4 is 0 Å². The third kappa shape index (κ3) is 3.03. The zero-order chi connectivity index (χ0) is 13.5. The average molecular weight is 393 g/mol. The fourth-order valence-corrected chi connectivity index (χ4v) is 6.52. The molecule has 0 bridgehead atoms. The second-order valence-corrected chi connectivity index (χ2v) is 12.7. The van der Waals surface area contributed by atoms with E-state index in [1.54, 1.807) is 9.98 Å². The number of hydrogen-bond donors (Lipinski definition) is 0. The minimum absolute atomic E-state index is 0. The van der Waals surface area contributed by atoms with E-state index in [1.807, 2.05) is 0 Å². The van der Waals surface area contributed by atoms with E-state index in [1.165, 1.54) is 11.1 Å². The van der Waals surface area contributed by atoms with Gasteiger partial charge < -0.3 is 0 Å². The first-order valence-electron chi connectivity index (χ1n) is 7.09. The Hall–Kier alpha value is 0.386. The van der Waals surface area contributed by atoms with Gasteiger partial charge in [0.05, 0.1) is 0 Å². The van der Waals surface area contributed by atoms with Gasteiger partial charge in [0.1, 0.15) is 0 Å². The normalized spacial score (nSPS) is 26.1. The van der Waals surface area contributed by atoms with E-state index in [9.17, 15) is 0 Å². The van der Waals surface area contributed by atoms with E-state index in [-0.39, 0.29) is 31.6 Å². The molecule has 102 valence electrons. The quantitative estimate of drug-likeness (QED) is 0.485. The monoisotopic (exact) mass is 393 g/mol. The molecule has 2 aliphatic carbocycles. The molecule has 0 aromatic heterocycles. The molecule has 0 radical (unpaired) electrons. The van der Waals surface area contributed by atoms with Crippen LogP contribution in [0.25, 0.3) is 0 Å². The molecule has 0 heterocycles. The van der Waals surface area contributed by atoms with Gasteiger partial charge in [-0.1, -0.05) is 0 Å². The van der Waals surface area contributed by atoms with Crippen LogP contribution in [0.4, 0.5) is 0 Å². The Bertz CT molecular complexity index is 477. The van der Waals surface area contributed by atoms with Gasteiger partial charge in [-0.15, -0.1) is 0 Å². The Morgan fingerprint density at radius 1 is 1.32 bits per heavy atom. The van der Waals surface area contributed by atoms with Gasteiger partial charge in [-0.25, -0.2) is 0 Å². The van der Waals surface area contributed by atoms with Gasteiger partial charge in [-0.05, 0) is 0 Å². The van der Waals surface area contributed by atoms with Crippen molar-refractivity contribution >= 4 is 14.3 Å². The van der Waals surface area contributed by atoms with Gasteiger partial charge >= 0.3 is 117 Å². The molecule has 0 spiro atoms. The van der Waals surface area contributed by atoms with Crippen molar-refractivity contribution in [2.24, 2.45) is 11.3 Å². The number of hydrogen-bond acceptors (Lipinski definition) is 0. The van der Waals surface area contributed by atoms with Crippen LogP contribution in [0.1, 0.15) is 34.1 Å². The van der Waals surface area contributed by atoms with Crippen LogP contribution in [0.3, 0.4) is 0 Å². The summed E-state index contributed by atoms with van der Waals surface area (Å²) >= 11 is -1.19. The summed E-state index contributed by atoms with van der Waals surface area (Å²) in [7, 11) is 0. The Morgan fingerprint density at radius 2 is 1.95 bits per heavy atom. The maximum atomic E-state index is 3.73. The molecule has 2 aliphatic rings. The first kappa shape index (κ1) is 17.4. The molecular weight excluding hydrogens is 368 g/mol. The van der Waals surface area contributed by atoms with Crippen molar-refractivity contribution in [2.45, 2.75) is 45.6 Å². The van der Waals surface area contributed by atoms with Crippen molar-refractivity contribution in [3.63, 3.8) is 0 Å². The molecule has 0 fully saturated rings. The van der Waals surface area contributed by atoms with Gasteiger partial charge in [0.25, 0.3) is 0 Å². The van der Waals surface area contributed by atoms with Crippen LogP contribution in [0.15, 0.2) is 39.4 Å². The van der Waals surface area contributed by atoms with E-state index >= 15 is 0 Å². The van der Waals surface area contributed by atoms with Gasteiger partial charge in [-0.3, -0.25) is 0 Å². The molecule has 2 rings (SSSR count). The van der Waals surface area contributed by atoms with Crippen LogP contribution in [0, 0.1) is 17.4 Å². The van der Waals surface area contributed by atoms with Crippen LogP contribution >= 0.6 is 0 Å². The van der Waals surface area contributed by atoms with E-state index < -0.39 is 14.3 Å². The predicted octanol–water partition coefficient (Wildman–Crippen LogP) is 4.62. The fraction of sp³-hybridized carbons (Fsp3) is 0.529. The fourth-order valence-electron chi connectivity index (χ4n) is 3.14. The van der Waals surface area contributed by atoms with Gasteiger partial charge in [0, 0.05) is 26.2 Å². The Balaban J connectivity index is 0.00000180. The molecule has 2 heteroatoms. The van der Waals surface area contributed by atoms with Crippen LogP contribution in [-0.4, -0.2) is 14.3 Å². The SMILES string of the molecule is CC1=CC=CC1(C)C1=[C-]C[C]([GeH]([CH3])[CH3])=C1C(C)C.[Zr]. The molecular formula is C17H25GeZr-. The van der Waals surface area contributed by atoms with Crippen molar-refractivity contribution in [3.8, 4) is 0 Å². The van der Waals surface area contributed by atoms with E-state index in [4.69, 9.17) is 0 Å². The molecule has 1 atom stereocenters. The van der Waals surface area contributed by atoms with Crippen molar-refractivity contribution in [1.29, 1.82) is 0 Å². The summed E-state index contributed by atoms with van der Waals surface area (Å²) in [5, 5.41) is 0. The molecule has 19 heavy (non-hydrogen) atoms. The third-order valence-corrected chi connectivity index (χ3v) is 8.46. The maximum absolute atomic E-state index is 3.73. The summed E-state index contributed by atoms with van der Waals surface area (Å²) < 4.78 is 1.78. The molecule has 0 aromatic carbocycles. The second-order valence-electron chi connectivity index (χ2n) is 6.39. The molecule has 0 saturated heterocycles. The Kier molecular flexibility index (Phi) is 5.91. The van der Waals surface area contributed by atoms with Crippen molar-refractivity contribution in [3.05, 3.63) is 45.4 Å². The third-order valence-electron chi connectivity index (χ3n) is 4.46. The first-order chi connectivity index (χ1) is 8.38. The second kappa shape index (κ2) is 6.44. The minimum Gasteiger partial charge on any atom is 0 e. The van der Waals surface area contributed by atoms with Crippen molar-refractivity contribution in [2.75, 3.05) is 0 Å². The maximum Gasteiger partial charge on any atom is 0 e. The largest absolute Gasteiger partial charge is 0 e. The molecule has 0 aromatic rings. The molecule has 0 aliphatic heterocycles. The van der Waals surface area contributed by atoms with Gasteiger partial charge in [-0.2, -0.15) is 0 Å². The zero-order valence-electron chi connectivity index (χ0n) is 13.1. The number of allylic oxidation sites excluding steroid dienone is 8. The van der Waals surface area contributed by atoms with Crippen LogP contribution in [0.5, 0.6) is 0 Å². The Morgan fingerprint density at radius 3 is 2.37 bits per heavy atom. The summed E-state index contributed by atoms with van der Waals surface area (Å²) in [6.07, 6.45) is 11.6. The summed E-state index contributed by atoms with van der Waals surface area (Å²) in [6.45, 7) is 9.28. The van der Waals surface area contributed by atoms with Crippen molar-refractivity contribution in [1.82, 2.24) is 0 Å². The summed E-state index contributed by atoms with van der Waals surface area (Å²) in [5.41, 5.74) is 4.69. The number of rotatable bonds is 3. The molecule has 0 amide bonds. The Labute approximate surface area is 142 Å². The predicted molar refractivity (Wildman–Crippen MR) is 83.1 cm³/mol. The first-order valence-corrected chi connectivity index (χ1v) is 13.1. The van der Waals surface area contributed by atoms with Crippen LogP contribution in [0.2, 0.25) is 11.5 Å². The molecule has 0 nitrogen and oxygen atoms in total. The zero-order valence-corrected chi connectivity index (χ0v) is 18.0. The van der Waals surface area contributed by atoms with Crippen molar-refractivity contribution < 1.29 is 26.2 Å². The summed E-state index contributed by atoms with van der Waals surface area (Å²) in [6, 6.07) is 0. The smallest absolute Gasteiger partial charge is 0 e. The van der Waals surface area contributed by atoms with E-state index in [0.717, 1.165) is 6.42 Å². The topological polar surface area (TPSA) is 0 Å². The van der Waals surface area contributed by atoms with E-state index in [0.29, 0.717) is 5.92 Å². The molecule has 1 unspecified atom stereocenters. The summed E-state index contributed by atoms with van der Waals surface area (Å²) in [5.74, 6) is 5.62. The standard InChI is InChI=1S/C17H25Ge.Zr/c1-12(2)16-14(9-10-15(16)18(5)6)17(4)11-7-8-13(17)3;/h7-8,11-12,18H,10H2,1-6H3;/q-1;. The van der Waals surface area contributed by atoms with Gasteiger partial charge in [0.15, 0.2) is 0 Å². The van der Waals surface area contributed by atoms with E-state index in [2.05, 4.69) is 63.5 Å². The summed E-state index contributed by atoms with van der Waals surface area (Å²) in [4.78, 5) is 0. The van der Waals surface area contributed by atoms with Gasteiger partial charge in [0.2, 0.25) is 0 Å².